The number of hydrogen-bond acceptors (Lipinski definition) is 6. The van der Waals surface area contributed by atoms with Crippen molar-refractivity contribution in [2.75, 3.05) is 0 Å². The van der Waals surface area contributed by atoms with E-state index in [0.29, 0.717) is 11.6 Å². The fraction of sp³-hybridized carbons (Fsp3) is 0. The fourth-order valence-corrected chi connectivity index (χ4v) is 7.75. The van der Waals surface area contributed by atoms with Crippen LogP contribution in [0.5, 0.6) is 0 Å². The van der Waals surface area contributed by atoms with E-state index in [1.165, 1.54) is 0 Å². The Morgan fingerprint density at radius 3 is 1.24 bits per heavy atom. The van der Waals surface area contributed by atoms with Crippen molar-refractivity contribution < 1.29 is 0 Å². The lowest BCUT2D eigenvalue weighted by molar-refractivity contribution is 1.15. The van der Waals surface area contributed by atoms with E-state index in [9.17, 15) is 0 Å². The van der Waals surface area contributed by atoms with Gasteiger partial charge in [0, 0.05) is 44.3 Å². The highest BCUT2D eigenvalue weighted by Gasteiger charge is 2.23. The Labute approximate surface area is 340 Å². The van der Waals surface area contributed by atoms with Gasteiger partial charge < -0.3 is 0 Å². The van der Waals surface area contributed by atoms with Crippen molar-refractivity contribution in [1.82, 2.24) is 34.3 Å². The van der Waals surface area contributed by atoms with Crippen LogP contribution in [0.25, 0.3) is 107 Å². The summed E-state index contributed by atoms with van der Waals surface area (Å²) in [5.74, 6) is 1.87. The van der Waals surface area contributed by atoms with Crippen molar-refractivity contribution in [3.8, 4) is 79.2 Å². The molecule has 0 bridgehead atoms. The van der Waals surface area contributed by atoms with Crippen LogP contribution in [0.3, 0.4) is 0 Å². The SMILES string of the molecule is c1ccc(-c2cc(-c3ccccc3)nc(-c3cc(-c4nc(-c5ccccc5)cc(-c5ccccc5)n4)c4nc(-c5ccccc5)n5c6ccccc6nc5c4c3)n2)cc1. The minimum atomic E-state index is 0.534. The van der Waals surface area contributed by atoms with E-state index >= 15 is 0 Å². The first-order chi connectivity index (χ1) is 29.2. The van der Waals surface area contributed by atoms with E-state index in [4.69, 9.17) is 29.9 Å². The zero-order valence-electron chi connectivity index (χ0n) is 31.7. The average molecular weight is 756 g/mol. The van der Waals surface area contributed by atoms with Crippen molar-refractivity contribution in [1.29, 1.82) is 0 Å². The maximum atomic E-state index is 5.54. The normalized spacial score (nSPS) is 11.4. The molecule has 4 aromatic heterocycles. The van der Waals surface area contributed by atoms with Crippen LogP contribution in [0, 0.1) is 0 Å². The smallest absolute Gasteiger partial charge is 0.162 e. The van der Waals surface area contributed by atoms with Crippen LogP contribution in [0.15, 0.2) is 200 Å². The molecule has 7 nitrogen and oxygen atoms in total. The molecular weight excluding hydrogens is 723 g/mol. The van der Waals surface area contributed by atoms with Crippen molar-refractivity contribution in [3.05, 3.63) is 200 Å². The van der Waals surface area contributed by atoms with Gasteiger partial charge in [-0.3, -0.25) is 4.40 Å². The molecule has 0 aliphatic heterocycles. The lowest BCUT2D eigenvalue weighted by Gasteiger charge is -2.15. The zero-order valence-corrected chi connectivity index (χ0v) is 31.7. The summed E-state index contributed by atoms with van der Waals surface area (Å²) in [6.07, 6.45) is 0. The number of hydrogen-bond donors (Lipinski definition) is 0. The van der Waals surface area contributed by atoms with Gasteiger partial charge in [0.25, 0.3) is 0 Å². The van der Waals surface area contributed by atoms with Crippen LogP contribution in [0.4, 0.5) is 0 Å². The molecular formula is C52H33N7. The molecule has 0 radical (unpaired) electrons. The second-order valence-electron chi connectivity index (χ2n) is 14.4. The Morgan fingerprint density at radius 1 is 0.322 bits per heavy atom. The molecule has 0 atom stereocenters. The first kappa shape index (κ1) is 34.1. The van der Waals surface area contributed by atoms with Gasteiger partial charge in [-0.1, -0.05) is 164 Å². The van der Waals surface area contributed by atoms with Gasteiger partial charge in [0.1, 0.15) is 11.5 Å². The van der Waals surface area contributed by atoms with Gasteiger partial charge in [0.15, 0.2) is 11.6 Å². The summed E-state index contributed by atoms with van der Waals surface area (Å²) in [4.78, 5) is 32.0. The minimum absolute atomic E-state index is 0.534. The number of rotatable bonds is 7. The molecule has 7 aromatic carbocycles. The molecule has 0 fully saturated rings. The molecule has 0 saturated heterocycles. The van der Waals surface area contributed by atoms with E-state index in [2.05, 4.69) is 95.4 Å². The quantitative estimate of drug-likeness (QED) is 0.161. The van der Waals surface area contributed by atoms with Crippen molar-refractivity contribution in [2.24, 2.45) is 0 Å². The molecule has 0 N–H and O–H groups in total. The monoisotopic (exact) mass is 755 g/mol. The predicted molar refractivity (Wildman–Crippen MR) is 237 cm³/mol. The molecule has 0 aliphatic carbocycles. The van der Waals surface area contributed by atoms with Crippen LogP contribution in [-0.4, -0.2) is 34.3 Å². The van der Waals surface area contributed by atoms with Gasteiger partial charge in [-0.25, -0.2) is 29.9 Å². The molecule has 276 valence electrons. The number of fused-ring (bicyclic) bond motifs is 5. The summed E-state index contributed by atoms with van der Waals surface area (Å²) < 4.78 is 2.16. The summed E-state index contributed by atoms with van der Waals surface area (Å²) >= 11 is 0. The summed E-state index contributed by atoms with van der Waals surface area (Å²) in [6, 6.07) is 67.8. The highest BCUT2D eigenvalue weighted by atomic mass is 15.1. The highest BCUT2D eigenvalue weighted by molar-refractivity contribution is 6.06. The molecule has 11 rings (SSSR count). The van der Waals surface area contributed by atoms with Gasteiger partial charge >= 0.3 is 0 Å². The molecule has 0 unspecified atom stereocenters. The predicted octanol–water partition coefficient (Wildman–Crippen LogP) is 12.3. The Hall–Kier alpha value is -8.16. The van der Waals surface area contributed by atoms with E-state index in [1.54, 1.807) is 0 Å². The third-order valence-corrected chi connectivity index (χ3v) is 10.6. The van der Waals surface area contributed by atoms with Crippen LogP contribution >= 0.6 is 0 Å². The molecule has 0 aliphatic rings. The Kier molecular flexibility index (Phi) is 8.33. The lowest BCUT2D eigenvalue weighted by atomic mass is 10.0. The van der Waals surface area contributed by atoms with Crippen LogP contribution in [-0.2, 0) is 0 Å². The Balaban J connectivity index is 1.27. The van der Waals surface area contributed by atoms with Gasteiger partial charge in [-0.05, 0) is 36.4 Å². The summed E-state index contributed by atoms with van der Waals surface area (Å²) in [7, 11) is 0. The van der Waals surface area contributed by atoms with Crippen molar-refractivity contribution >= 4 is 27.6 Å². The topological polar surface area (TPSA) is 81.8 Å². The summed E-state index contributed by atoms with van der Waals surface area (Å²) in [5, 5.41) is 0.832. The molecule has 0 amide bonds. The maximum absolute atomic E-state index is 5.54. The summed E-state index contributed by atoms with van der Waals surface area (Å²) in [6.45, 7) is 0. The molecule has 0 saturated carbocycles. The molecule has 7 heteroatoms. The number of imidazole rings is 1. The van der Waals surface area contributed by atoms with Gasteiger partial charge in [-0.15, -0.1) is 0 Å². The summed E-state index contributed by atoms with van der Waals surface area (Å²) in [5.41, 5.74) is 13.0. The molecule has 59 heavy (non-hydrogen) atoms. The zero-order chi connectivity index (χ0) is 39.1. The van der Waals surface area contributed by atoms with Crippen LogP contribution in [0.2, 0.25) is 0 Å². The number of aromatic nitrogens is 7. The van der Waals surface area contributed by atoms with E-state index in [0.717, 1.165) is 95.1 Å². The van der Waals surface area contributed by atoms with E-state index < -0.39 is 0 Å². The second-order valence-corrected chi connectivity index (χ2v) is 14.4. The first-order valence-electron chi connectivity index (χ1n) is 19.5. The number of nitrogens with zero attached hydrogens (tertiary/aromatic N) is 7. The lowest BCUT2D eigenvalue weighted by Crippen LogP contribution is -2.03. The average Bonchev–Trinajstić information content (AvgIpc) is 3.72. The number of para-hydroxylation sites is 2. The Morgan fingerprint density at radius 2 is 0.746 bits per heavy atom. The standard InChI is InChI=1S/C52H33N7/c1-6-18-34(19-7-1)43-32-44(35-20-8-2-9-21-35)54-49(53-43)39-30-40(50-55-45(36-22-10-3-11-23-36)33-46(56-50)37-24-12-4-13-25-37)48-41(31-39)52-57-42-28-16-17-29-47(42)59(52)51(58-48)38-26-14-5-15-27-38/h1-33H. The van der Waals surface area contributed by atoms with Gasteiger partial charge in [0.05, 0.1) is 39.3 Å². The second kappa shape index (κ2) is 14.4. The number of benzene rings is 7. The van der Waals surface area contributed by atoms with Crippen molar-refractivity contribution in [2.45, 2.75) is 0 Å². The largest absolute Gasteiger partial charge is 0.276 e. The third kappa shape index (κ3) is 6.27. The van der Waals surface area contributed by atoms with E-state index in [-0.39, 0.29) is 0 Å². The Bertz CT molecular complexity index is 3180. The van der Waals surface area contributed by atoms with Crippen LogP contribution < -0.4 is 0 Å². The fourth-order valence-electron chi connectivity index (χ4n) is 7.75. The van der Waals surface area contributed by atoms with Crippen molar-refractivity contribution in [3.63, 3.8) is 0 Å². The van der Waals surface area contributed by atoms with Crippen LogP contribution in [0.1, 0.15) is 0 Å². The minimum Gasteiger partial charge on any atom is -0.276 e. The third-order valence-electron chi connectivity index (χ3n) is 10.6. The van der Waals surface area contributed by atoms with E-state index in [1.807, 2.05) is 109 Å². The first-order valence-corrected chi connectivity index (χ1v) is 19.5. The highest BCUT2D eigenvalue weighted by Crippen LogP contribution is 2.39. The molecule has 0 spiro atoms. The molecule has 4 heterocycles. The van der Waals surface area contributed by atoms with Gasteiger partial charge in [-0.2, -0.15) is 0 Å². The van der Waals surface area contributed by atoms with Gasteiger partial charge in [0.2, 0.25) is 0 Å². The maximum Gasteiger partial charge on any atom is 0.162 e. The molecule has 11 aromatic rings.